The number of aliphatic hydroxyl groups excluding tert-OH is 1. The number of rotatable bonds is 29. The van der Waals surface area contributed by atoms with E-state index in [9.17, 15) is 5.11 Å². The maximum Gasteiger partial charge on any atom is 0.104 e. The van der Waals surface area contributed by atoms with Crippen LogP contribution in [0.4, 0.5) is 0 Å². The molecule has 6 unspecified atom stereocenters. The minimum Gasteiger partial charge on any atom is -0.394 e. The van der Waals surface area contributed by atoms with E-state index in [0.717, 1.165) is 61.6 Å². The Hall–Kier alpha value is -0.120. The predicted octanol–water partition coefficient (Wildman–Crippen LogP) is 11.4. The Bertz CT molecular complexity index is 548. The molecule has 0 saturated carbocycles. The molecule has 0 saturated heterocycles. The summed E-state index contributed by atoms with van der Waals surface area (Å²) in [5, 5.41) is 9.74. The van der Waals surface area contributed by atoms with Crippen LogP contribution in [0.5, 0.6) is 0 Å². The molecular formula is C38H78O3. The molecule has 3 heteroatoms. The molecule has 0 spiro atoms. The lowest BCUT2D eigenvalue weighted by Gasteiger charge is -2.20. The van der Waals surface area contributed by atoms with Crippen LogP contribution < -0.4 is 0 Å². The summed E-state index contributed by atoms with van der Waals surface area (Å²) in [5.41, 5.74) is 0. The molecule has 1 N–H and O–H groups in total. The van der Waals surface area contributed by atoms with Crippen LogP contribution >= 0.6 is 0 Å². The van der Waals surface area contributed by atoms with Gasteiger partial charge in [0.05, 0.1) is 13.2 Å². The maximum atomic E-state index is 9.74. The molecule has 0 amide bonds. The first kappa shape index (κ1) is 40.9. The van der Waals surface area contributed by atoms with Crippen molar-refractivity contribution in [2.75, 3.05) is 26.4 Å². The Balaban J connectivity index is 3.83. The van der Waals surface area contributed by atoms with E-state index >= 15 is 0 Å². The Labute approximate surface area is 259 Å². The van der Waals surface area contributed by atoms with Gasteiger partial charge in [-0.1, -0.05) is 153 Å². The summed E-state index contributed by atoms with van der Waals surface area (Å²) in [7, 11) is 0. The Morgan fingerprint density at radius 3 is 1.17 bits per heavy atom. The van der Waals surface area contributed by atoms with E-state index < -0.39 is 0 Å². The van der Waals surface area contributed by atoms with Crippen molar-refractivity contribution in [2.24, 2.45) is 47.3 Å². The smallest absolute Gasteiger partial charge is 0.104 e. The summed E-state index contributed by atoms with van der Waals surface area (Å²) < 4.78 is 11.9. The minimum absolute atomic E-state index is 0.0456. The molecule has 0 aromatic carbocycles. The van der Waals surface area contributed by atoms with Gasteiger partial charge in [-0.05, 0) is 60.2 Å². The van der Waals surface area contributed by atoms with Crippen molar-refractivity contribution in [1.29, 1.82) is 0 Å². The SMILES string of the molecule is CC(C)CCC(C)CCC(C)CCCC(C)CCOC[C@@H](CO)OCCC(C)CCC(C)CCC(C)CCC(C)C. The lowest BCUT2D eigenvalue weighted by Crippen LogP contribution is -2.25. The molecule has 7 atom stereocenters. The second-order valence-electron chi connectivity index (χ2n) is 15.6. The van der Waals surface area contributed by atoms with Crippen LogP contribution in [0, 0.1) is 47.3 Å². The van der Waals surface area contributed by atoms with Gasteiger partial charge >= 0.3 is 0 Å². The van der Waals surface area contributed by atoms with E-state index in [-0.39, 0.29) is 12.7 Å². The van der Waals surface area contributed by atoms with Gasteiger partial charge in [0.1, 0.15) is 6.10 Å². The third-order valence-electron chi connectivity index (χ3n) is 9.55. The lowest BCUT2D eigenvalue weighted by molar-refractivity contribution is -0.0471. The third kappa shape index (κ3) is 27.2. The highest BCUT2D eigenvalue weighted by Crippen LogP contribution is 2.25. The Kier molecular flexibility index (Phi) is 26.2. The summed E-state index contributed by atoms with van der Waals surface area (Å²) >= 11 is 0. The highest BCUT2D eigenvalue weighted by Gasteiger charge is 2.13. The van der Waals surface area contributed by atoms with E-state index in [4.69, 9.17) is 9.47 Å². The highest BCUT2D eigenvalue weighted by atomic mass is 16.5. The van der Waals surface area contributed by atoms with Gasteiger partial charge in [-0.3, -0.25) is 0 Å². The topological polar surface area (TPSA) is 38.7 Å². The molecule has 0 radical (unpaired) electrons. The first-order chi connectivity index (χ1) is 19.4. The molecule has 3 nitrogen and oxygen atoms in total. The molecule has 0 aromatic heterocycles. The van der Waals surface area contributed by atoms with E-state index in [1.807, 2.05) is 0 Å². The predicted molar refractivity (Wildman–Crippen MR) is 182 cm³/mol. The van der Waals surface area contributed by atoms with Crippen LogP contribution in [0.25, 0.3) is 0 Å². The minimum atomic E-state index is -0.187. The fraction of sp³-hybridized carbons (Fsp3) is 1.00. The first-order valence-electron chi connectivity index (χ1n) is 18.2. The molecular weight excluding hydrogens is 504 g/mol. The molecule has 0 heterocycles. The molecule has 0 fully saturated rings. The average Bonchev–Trinajstić information content (AvgIpc) is 2.92. The summed E-state index contributed by atoms with van der Waals surface area (Å²) in [4.78, 5) is 0. The Morgan fingerprint density at radius 2 is 0.756 bits per heavy atom. The largest absolute Gasteiger partial charge is 0.394 e. The van der Waals surface area contributed by atoms with Crippen LogP contribution in [0.3, 0.4) is 0 Å². The van der Waals surface area contributed by atoms with Gasteiger partial charge in [0.25, 0.3) is 0 Å². The molecule has 0 aliphatic rings. The zero-order valence-electron chi connectivity index (χ0n) is 29.9. The van der Waals surface area contributed by atoms with E-state index in [1.54, 1.807) is 0 Å². The van der Waals surface area contributed by atoms with Gasteiger partial charge in [-0.2, -0.15) is 0 Å². The van der Waals surface area contributed by atoms with Crippen LogP contribution in [0.2, 0.25) is 0 Å². The van der Waals surface area contributed by atoms with Crippen molar-refractivity contribution >= 4 is 0 Å². The highest BCUT2D eigenvalue weighted by molar-refractivity contribution is 4.64. The molecule has 0 aliphatic carbocycles. The average molecular weight is 583 g/mol. The summed E-state index contributed by atoms with van der Waals surface area (Å²) in [6.07, 6.45) is 19.6. The third-order valence-corrected chi connectivity index (χ3v) is 9.55. The number of hydrogen-bond donors (Lipinski definition) is 1. The van der Waals surface area contributed by atoms with Gasteiger partial charge < -0.3 is 14.6 Å². The number of aliphatic hydroxyl groups is 1. The van der Waals surface area contributed by atoms with E-state index in [1.165, 1.54) is 83.5 Å². The van der Waals surface area contributed by atoms with Crippen molar-refractivity contribution < 1.29 is 14.6 Å². The number of hydrogen-bond acceptors (Lipinski definition) is 3. The molecule has 0 aliphatic heterocycles. The molecule has 248 valence electrons. The molecule has 41 heavy (non-hydrogen) atoms. The maximum absolute atomic E-state index is 9.74. The van der Waals surface area contributed by atoms with Crippen molar-refractivity contribution in [3.05, 3.63) is 0 Å². The van der Waals surface area contributed by atoms with Gasteiger partial charge in [-0.15, -0.1) is 0 Å². The van der Waals surface area contributed by atoms with Gasteiger partial charge in [0.15, 0.2) is 0 Å². The van der Waals surface area contributed by atoms with Crippen LogP contribution in [-0.4, -0.2) is 37.6 Å². The molecule has 0 rings (SSSR count). The standard InChI is InChI=1S/C38H78O3/c1-30(2)14-16-34(7)19-18-32(5)12-11-13-33(6)24-26-40-29-38(28-39)41-27-25-37(10)23-22-36(9)21-20-35(8)17-15-31(3)4/h30-39H,11-29H2,1-10H3/t32?,33?,34?,35?,36?,37?,38-/m1/s1. The summed E-state index contributed by atoms with van der Waals surface area (Å²) in [6.45, 7) is 25.8. The Morgan fingerprint density at radius 1 is 0.415 bits per heavy atom. The van der Waals surface area contributed by atoms with Gasteiger partial charge in [0, 0.05) is 13.2 Å². The van der Waals surface area contributed by atoms with Crippen LogP contribution in [0.15, 0.2) is 0 Å². The normalized spacial score (nSPS) is 17.5. The quantitative estimate of drug-likeness (QED) is 0.0891. The lowest BCUT2D eigenvalue weighted by atomic mass is 9.89. The van der Waals surface area contributed by atoms with Gasteiger partial charge in [-0.25, -0.2) is 0 Å². The fourth-order valence-corrected chi connectivity index (χ4v) is 5.71. The first-order valence-corrected chi connectivity index (χ1v) is 18.2. The van der Waals surface area contributed by atoms with E-state index in [0.29, 0.717) is 18.4 Å². The van der Waals surface area contributed by atoms with E-state index in [2.05, 4.69) is 69.2 Å². The van der Waals surface area contributed by atoms with Crippen molar-refractivity contribution in [3.63, 3.8) is 0 Å². The summed E-state index contributed by atoms with van der Waals surface area (Å²) in [6, 6.07) is 0. The zero-order chi connectivity index (χ0) is 31.0. The summed E-state index contributed by atoms with van der Waals surface area (Å²) in [5.74, 6) is 6.45. The van der Waals surface area contributed by atoms with Crippen molar-refractivity contribution in [2.45, 2.75) is 172 Å². The zero-order valence-corrected chi connectivity index (χ0v) is 29.9. The second kappa shape index (κ2) is 26.3. The molecule has 0 bridgehead atoms. The van der Waals surface area contributed by atoms with Crippen LogP contribution in [0.1, 0.15) is 166 Å². The van der Waals surface area contributed by atoms with Crippen molar-refractivity contribution in [1.82, 2.24) is 0 Å². The monoisotopic (exact) mass is 583 g/mol. The fourth-order valence-electron chi connectivity index (χ4n) is 5.71. The van der Waals surface area contributed by atoms with Gasteiger partial charge in [0.2, 0.25) is 0 Å². The second-order valence-corrected chi connectivity index (χ2v) is 15.6. The van der Waals surface area contributed by atoms with Crippen molar-refractivity contribution in [3.8, 4) is 0 Å². The number of ether oxygens (including phenoxy) is 2. The van der Waals surface area contributed by atoms with Crippen LogP contribution in [-0.2, 0) is 9.47 Å². The molecule has 0 aromatic rings.